The molecule has 7 nitrogen and oxygen atoms in total. The summed E-state index contributed by atoms with van der Waals surface area (Å²) in [6.07, 6.45) is 5.26. The van der Waals surface area contributed by atoms with Crippen LogP contribution in [0.3, 0.4) is 0 Å². The smallest absolute Gasteiger partial charge is 0.264 e. The highest BCUT2D eigenvalue weighted by Gasteiger charge is 2.35. The summed E-state index contributed by atoms with van der Waals surface area (Å²) in [5, 5.41) is 4.11. The molecule has 1 aliphatic rings. The van der Waals surface area contributed by atoms with Gasteiger partial charge in [0.15, 0.2) is 0 Å². The van der Waals surface area contributed by atoms with Crippen LogP contribution in [0.25, 0.3) is 0 Å². The van der Waals surface area contributed by atoms with Gasteiger partial charge in [0.1, 0.15) is 12.6 Å². The molecule has 1 atom stereocenters. The first-order valence-corrected chi connectivity index (χ1v) is 16.5. The number of carbonyl (C=O) groups excluding carboxylic acids is 2. The van der Waals surface area contributed by atoms with E-state index in [0.29, 0.717) is 27.1 Å². The minimum Gasteiger partial charge on any atom is -0.352 e. The van der Waals surface area contributed by atoms with E-state index in [4.69, 9.17) is 34.8 Å². The van der Waals surface area contributed by atoms with Crippen molar-refractivity contribution in [2.75, 3.05) is 10.8 Å². The summed E-state index contributed by atoms with van der Waals surface area (Å²) >= 11 is 19.2. The third-order valence-electron chi connectivity index (χ3n) is 7.43. The molecular weight excluding hydrogens is 617 g/mol. The van der Waals surface area contributed by atoms with E-state index < -0.39 is 28.5 Å². The molecule has 11 heteroatoms. The predicted octanol–water partition coefficient (Wildman–Crippen LogP) is 7.10. The monoisotopic (exact) mass is 649 g/mol. The van der Waals surface area contributed by atoms with Crippen LogP contribution < -0.4 is 9.62 Å². The number of carbonyl (C=O) groups is 2. The van der Waals surface area contributed by atoms with Gasteiger partial charge in [0.25, 0.3) is 10.0 Å². The number of hydrogen-bond acceptors (Lipinski definition) is 4. The number of halogens is 3. The number of nitrogens with zero attached hydrogens (tertiary/aromatic N) is 2. The Hall–Kier alpha value is -2.78. The van der Waals surface area contributed by atoms with E-state index in [-0.39, 0.29) is 29.1 Å². The van der Waals surface area contributed by atoms with Crippen molar-refractivity contribution < 1.29 is 18.0 Å². The molecule has 2 amide bonds. The zero-order valence-corrected chi connectivity index (χ0v) is 26.4. The van der Waals surface area contributed by atoms with E-state index in [9.17, 15) is 18.0 Å². The Morgan fingerprint density at radius 3 is 2.17 bits per heavy atom. The van der Waals surface area contributed by atoms with Gasteiger partial charge >= 0.3 is 0 Å². The van der Waals surface area contributed by atoms with Gasteiger partial charge in [-0.15, -0.1) is 0 Å². The van der Waals surface area contributed by atoms with Crippen molar-refractivity contribution in [3.63, 3.8) is 0 Å². The summed E-state index contributed by atoms with van der Waals surface area (Å²) in [6.45, 7) is 1.16. The number of rotatable bonds is 11. The summed E-state index contributed by atoms with van der Waals surface area (Å²) in [4.78, 5) is 29.3. The van der Waals surface area contributed by atoms with Gasteiger partial charge in [0.2, 0.25) is 11.8 Å². The number of anilines is 1. The standard InChI is InChI=1S/C31H34Cl3N3O4S/c1-2-29(31(39)35-23-12-5-3-6-13-23)36(20-26-27(33)17-10-18-28(26)34)30(38)21-37(24-14-9-11-22(32)19-24)42(40,41)25-15-7-4-8-16-25/h4,7-11,14-19,23,29H,2-3,5-6,12-13,20-21H2,1H3,(H,35,39). The van der Waals surface area contributed by atoms with E-state index in [0.717, 1.165) is 36.4 Å². The van der Waals surface area contributed by atoms with Crippen LogP contribution in [-0.2, 0) is 26.2 Å². The molecule has 0 radical (unpaired) electrons. The highest BCUT2D eigenvalue weighted by Crippen LogP contribution is 2.30. The van der Waals surface area contributed by atoms with Crippen molar-refractivity contribution in [1.82, 2.24) is 10.2 Å². The third kappa shape index (κ3) is 7.78. The van der Waals surface area contributed by atoms with Gasteiger partial charge in [0.05, 0.1) is 10.6 Å². The van der Waals surface area contributed by atoms with Gasteiger partial charge < -0.3 is 10.2 Å². The Bertz CT molecular complexity index is 1480. The van der Waals surface area contributed by atoms with Crippen LogP contribution in [0.1, 0.15) is 51.0 Å². The molecule has 1 fully saturated rings. The van der Waals surface area contributed by atoms with Gasteiger partial charge in [0, 0.05) is 33.2 Å². The molecule has 0 aromatic heterocycles. The third-order valence-corrected chi connectivity index (χ3v) is 10.2. The van der Waals surface area contributed by atoms with Crippen LogP contribution in [-0.4, -0.2) is 43.8 Å². The molecule has 224 valence electrons. The van der Waals surface area contributed by atoms with Gasteiger partial charge in [-0.05, 0) is 61.7 Å². The Labute approximate surface area is 262 Å². The maximum atomic E-state index is 14.2. The van der Waals surface area contributed by atoms with E-state index in [1.54, 1.807) is 54.6 Å². The quantitative estimate of drug-likeness (QED) is 0.240. The number of sulfonamides is 1. The Kier molecular flexibility index (Phi) is 11.2. The van der Waals surface area contributed by atoms with Crippen molar-refractivity contribution in [2.45, 2.75) is 69.0 Å². The normalized spacial score (nSPS) is 14.7. The largest absolute Gasteiger partial charge is 0.352 e. The highest BCUT2D eigenvalue weighted by atomic mass is 35.5. The Balaban J connectivity index is 1.73. The average molecular weight is 651 g/mol. The molecule has 1 unspecified atom stereocenters. The second-order valence-electron chi connectivity index (χ2n) is 10.3. The van der Waals surface area contributed by atoms with E-state index in [1.807, 2.05) is 6.92 Å². The zero-order valence-electron chi connectivity index (χ0n) is 23.3. The lowest BCUT2D eigenvalue weighted by molar-refractivity contribution is -0.140. The molecule has 4 rings (SSSR count). The summed E-state index contributed by atoms with van der Waals surface area (Å²) < 4.78 is 28.8. The predicted molar refractivity (Wildman–Crippen MR) is 169 cm³/mol. The number of amides is 2. The summed E-state index contributed by atoms with van der Waals surface area (Å²) in [5.74, 6) is -0.878. The van der Waals surface area contributed by atoms with E-state index >= 15 is 0 Å². The summed E-state index contributed by atoms with van der Waals surface area (Å²) in [5.41, 5.74) is 0.688. The lowest BCUT2D eigenvalue weighted by atomic mass is 9.95. The highest BCUT2D eigenvalue weighted by molar-refractivity contribution is 7.92. The molecule has 0 aliphatic heterocycles. The molecule has 1 N–H and O–H groups in total. The lowest BCUT2D eigenvalue weighted by Gasteiger charge is -2.34. The topological polar surface area (TPSA) is 86.8 Å². The van der Waals surface area contributed by atoms with Crippen LogP contribution in [0.15, 0.2) is 77.7 Å². The number of hydrogen-bond donors (Lipinski definition) is 1. The maximum absolute atomic E-state index is 14.2. The molecular formula is C31H34Cl3N3O4S. The fourth-order valence-corrected chi connectivity index (χ4v) is 7.33. The molecule has 3 aromatic carbocycles. The van der Waals surface area contributed by atoms with Crippen LogP contribution >= 0.6 is 34.8 Å². The second kappa shape index (κ2) is 14.6. The number of benzene rings is 3. The van der Waals surface area contributed by atoms with Crippen molar-refractivity contribution in [2.24, 2.45) is 0 Å². The Morgan fingerprint density at radius 2 is 1.55 bits per heavy atom. The van der Waals surface area contributed by atoms with Gasteiger partial charge in [-0.1, -0.05) is 91.3 Å². The van der Waals surface area contributed by atoms with Crippen LogP contribution in [0.5, 0.6) is 0 Å². The molecule has 1 aliphatic carbocycles. The number of nitrogens with one attached hydrogen (secondary N) is 1. The maximum Gasteiger partial charge on any atom is 0.264 e. The lowest BCUT2D eigenvalue weighted by Crippen LogP contribution is -2.54. The van der Waals surface area contributed by atoms with Gasteiger partial charge in [-0.25, -0.2) is 8.42 Å². The minimum absolute atomic E-state index is 0.0144. The van der Waals surface area contributed by atoms with Crippen molar-refractivity contribution >= 4 is 62.3 Å². The Morgan fingerprint density at radius 1 is 0.905 bits per heavy atom. The van der Waals surface area contributed by atoms with Crippen molar-refractivity contribution in [1.29, 1.82) is 0 Å². The summed E-state index contributed by atoms with van der Waals surface area (Å²) in [6, 6.07) is 18.3. The minimum atomic E-state index is -4.19. The molecule has 1 saturated carbocycles. The first-order chi connectivity index (χ1) is 20.1. The van der Waals surface area contributed by atoms with Crippen LogP contribution in [0.4, 0.5) is 5.69 Å². The summed E-state index contributed by atoms with van der Waals surface area (Å²) in [7, 11) is -4.19. The van der Waals surface area contributed by atoms with E-state index in [1.165, 1.54) is 23.1 Å². The molecule has 3 aromatic rings. The van der Waals surface area contributed by atoms with E-state index in [2.05, 4.69) is 5.32 Å². The average Bonchev–Trinajstić information content (AvgIpc) is 2.98. The SMILES string of the molecule is CCC(C(=O)NC1CCCCC1)N(Cc1c(Cl)cccc1Cl)C(=O)CN(c1cccc(Cl)c1)S(=O)(=O)c1ccccc1. The molecule has 42 heavy (non-hydrogen) atoms. The molecule has 0 heterocycles. The fraction of sp³-hybridized carbons (Fsp3) is 0.355. The molecule has 0 spiro atoms. The molecule has 0 bridgehead atoms. The molecule has 0 saturated heterocycles. The van der Waals surface area contributed by atoms with Gasteiger partial charge in [-0.3, -0.25) is 13.9 Å². The van der Waals surface area contributed by atoms with Gasteiger partial charge in [-0.2, -0.15) is 0 Å². The van der Waals surface area contributed by atoms with Crippen LogP contribution in [0.2, 0.25) is 15.1 Å². The fourth-order valence-electron chi connectivity index (χ4n) is 5.20. The zero-order chi connectivity index (χ0) is 30.3. The van der Waals surface area contributed by atoms with Crippen LogP contribution in [0, 0.1) is 0 Å². The second-order valence-corrected chi connectivity index (χ2v) is 13.4. The first-order valence-electron chi connectivity index (χ1n) is 14.0. The first kappa shape index (κ1) is 32.1. The van der Waals surface area contributed by atoms with Crippen molar-refractivity contribution in [3.8, 4) is 0 Å². The van der Waals surface area contributed by atoms with Crippen molar-refractivity contribution in [3.05, 3.63) is 93.4 Å².